The molecule has 0 aromatic heterocycles. The SMILES string of the molecule is CS(=O)OCC1CCCO1. The molecule has 0 radical (unpaired) electrons. The quantitative estimate of drug-likeness (QED) is 0.608. The first kappa shape index (κ1) is 8.17. The lowest BCUT2D eigenvalue weighted by atomic mass is 10.2. The average Bonchev–Trinajstić information content (AvgIpc) is 2.34. The van der Waals surface area contributed by atoms with E-state index in [1.807, 2.05) is 0 Å². The highest BCUT2D eigenvalue weighted by molar-refractivity contribution is 7.79. The molecule has 0 bridgehead atoms. The van der Waals surface area contributed by atoms with Crippen molar-refractivity contribution in [3.8, 4) is 0 Å². The molecular weight excluding hydrogens is 152 g/mol. The zero-order chi connectivity index (χ0) is 7.40. The average molecular weight is 164 g/mol. The van der Waals surface area contributed by atoms with Crippen molar-refractivity contribution in [3.63, 3.8) is 0 Å². The molecule has 2 atom stereocenters. The molecule has 3 nitrogen and oxygen atoms in total. The second kappa shape index (κ2) is 4.05. The lowest BCUT2D eigenvalue weighted by Crippen LogP contribution is -2.14. The van der Waals surface area contributed by atoms with Gasteiger partial charge in [0, 0.05) is 12.9 Å². The molecule has 4 heteroatoms. The summed E-state index contributed by atoms with van der Waals surface area (Å²) < 4.78 is 20.6. The van der Waals surface area contributed by atoms with Crippen molar-refractivity contribution < 1.29 is 13.1 Å². The van der Waals surface area contributed by atoms with Crippen molar-refractivity contribution in [1.29, 1.82) is 0 Å². The Hall–Kier alpha value is 0.0700. The summed E-state index contributed by atoms with van der Waals surface area (Å²) in [6.45, 7) is 1.30. The molecular formula is C6H12O3S. The van der Waals surface area contributed by atoms with Crippen LogP contribution in [-0.2, 0) is 20.0 Å². The first-order chi connectivity index (χ1) is 4.79. The molecule has 1 aliphatic rings. The number of hydrogen-bond acceptors (Lipinski definition) is 3. The van der Waals surface area contributed by atoms with E-state index in [9.17, 15) is 4.21 Å². The Labute approximate surface area is 63.4 Å². The minimum Gasteiger partial charge on any atom is -0.376 e. The van der Waals surface area contributed by atoms with Gasteiger partial charge in [-0.05, 0) is 12.8 Å². The Kier molecular flexibility index (Phi) is 3.31. The van der Waals surface area contributed by atoms with Crippen LogP contribution in [-0.4, -0.2) is 29.8 Å². The summed E-state index contributed by atoms with van der Waals surface area (Å²) in [5.41, 5.74) is 0. The van der Waals surface area contributed by atoms with Gasteiger partial charge in [0.25, 0.3) is 0 Å². The molecule has 0 saturated carbocycles. The van der Waals surface area contributed by atoms with Crippen LogP contribution in [0.15, 0.2) is 0 Å². The topological polar surface area (TPSA) is 35.5 Å². The van der Waals surface area contributed by atoms with Crippen LogP contribution in [0.25, 0.3) is 0 Å². The van der Waals surface area contributed by atoms with Crippen LogP contribution in [0.1, 0.15) is 12.8 Å². The van der Waals surface area contributed by atoms with Crippen LogP contribution in [0, 0.1) is 0 Å². The van der Waals surface area contributed by atoms with Gasteiger partial charge in [-0.2, -0.15) is 0 Å². The van der Waals surface area contributed by atoms with Crippen molar-refractivity contribution >= 4 is 11.1 Å². The molecule has 0 spiro atoms. The van der Waals surface area contributed by atoms with E-state index in [-0.39, 0.29) is 6.10 Å². The Morgan fingerprint density at radius 2 is 2.60 bits per heavy atom. The Morgan fingerprint density at radius 1 is 1.80 bits per heavy atom. The van der Waals surface area contributed by atoms with E-state index in [1.165, 1.54) is 6.26 Å². The smallest absolute Gasteiger partial charge is 0.152 e. The zero-order valence-corrected chi connectivity index (χ0v) is 6.86. The second-order valence-electron chi connectivity index (χ2n) is 2.32. The van der Waals surface area contributed by atoms with Crippen molar-refractivity contribution in [2.24, 2.45) is 0 Å². The molecule has 0 aliphatic carbocycles. The normalized spacial score (nSPS) is 28.7. The molecule has 0 amide bonds. The first-order valence-electron chi connectivity index (χ1n) is 3.37. The molecule has 1 heterocycles. The Morgan fingerprint density at radius 3 is 3.10 bits per heavy atom. The molecule has 2 unspecified atom stereocenters. The van der Waals surface area contributed by atoms with Crippen LogP contribution in [0.4, 0.5) is 0 Å². The highest BCUT2D eigenvalue weighted by Crippen LogP contribution is 2.11. The largest absolute Gasteiger partial charge is 0.376 e. The van der Waals surface area contributed by atoms with Crippen LogP contribution in [0.2, 0.25) is 0 Å². The van der Waals surface area contributed by atoms with Crippen molar-refractivity contribution in [2.45, 2.75) is 18.9 Å². The van der Waals surface area contributed by atoms with Crippen LogP contribution < -0.4 is 0 Å². The van der Waals surface area contributed by atoms with E-state index in [1.54, 1.807) is 0 Å². The maximum atomic E-state index is 10.4. The van der Waals surface area contributed by atoms with Crippen LogP contribution >= 0.6 is 0 Å². The van der Waals surface area contributed by atoms with E-state index >= 15 is 0 Å². The molecule has 60 valence electrons. The van der Waals surface area contributed by atoms with Gasteiger partial charge in [0.15, 0.2) is 11.1 Å². The third-order valence-corrected chi connectivity index (χ3v) is 1.91. The summed E-state index contributed by atoms with van der Waals surface area (Å²) in [4.78, 5) is 0. The fraction of sp³-hybridized carbons (Fsp3) is 1.00. The third kappa shape index (κ3) is 2.77. The molecule has 1 fully saturated rings. The molecule has 1 rings (SSSR count). The predicted octanol–water partition coefficient (Wildman–Crippen LogP) is 0.476. The minimum atomic E-state index is -1.14. The van der Waals surface area contributed by atoms with Gasteiger partial charge in [-0.3, -0.25) is 4.18 Å². The third-order valence-electron chi connectivity index (χ3n) is 1.44. The summed E-state index contributed by atoms with van der Waals surface area (Å²) in [5.74, 6) is 0. The molecule has 10 heavy (non-hydrogen) atoms. The van der Waals surface area contributed by atoms with E-state index in [4.69, 9.17) is 8.92 Å². The molecule has 0 N–H and O–H groups in total. The highest BCUT2D eigenvalue weighted by Gasteiger charge is 2.15. The van der Waals surface area contributed by atoms with Gasteiger partial charge in [-0.25, -0.2) is 4.21 Å². The maximum absolute atomic E-state index is 10.4. The van der Waals surface area contributed by atoms with Crippen molar-refractivity contribution in [2.75, 3.05) is 19.5 Å². The summed E-state index contributed by atoms with van der Waals surface area (Å²) in [6.07, 6.45) is 3.85. The summed E-state index contributed by atoms with van der Waals surface area (Å²) in [7, 11) is 0. The van der Waals surface area contributed by atoms with E-state index < -0.39 is 11.1 Å². The van der Waals surface area contributed by atoms with Gasteiger partial charge in [0.2, 0.25) is 0 Å². The number of hydrogen-bond donors (Lipinski definition) is 0. The van der Waals surface area contributed by atoms with Gasteiger partial charge < -0.3 is 4.74 Å². The lowest BCUT2D eigenvalue weighted by molar-refractivity contribution is 0.0729. The molecule has 1 saturated heterocycles. The zero-order valence-electron chi connectivity index (χ0n) is 6.04. The number of ether oxygens (including phenoxy) is 1. The van der Waals surface area contributed by atoms with Gasteiger partial charge >= 0.3 is 0 Å². The highest BCUT2D eigenvalue weighted by atomic mass is 32.2. The van der Waals surface area contributed by atoms with Crippen molar-refractivity contribution in [3.05, 3.63) is 0 Å². The van der Waals surface area contributed by atoms with Gasteiger partial charge in [-0.15, -0.1) is 0 Å². The maximum Gasteiger partial charge on any atom is 0.152 e. The first-order valence-corrected chi connectivity index (χ1v) is 4.85. The number of rotatable bonds is 3. The van der Waals surface area contributed by atoms with Crippen LogP contribution in [0.3, 0.4) is 0 Å². The fourth-order valence-corrected chi connectivity index (χ4v) is 1.29. The monoisotopic (exact) mass is 164 g/mol. The molecule has 0 aromatic rings. The Bertz CT molecular complexity index is 120. The summed E-state index contributed by atoms with van der Waals surface area (Å²) in [5, 5.41) is 0. The van der Waals surface area contributed by atoms with Crippen LogP contribution in [0.5, 0.6) is 0 Å². The Balaban J connectivity index is 2.07. The van der Waals surface area contributed by atoms with Gasteiger partial charge in [0.1, 0.15) is 0 Å². The standard InChI is InChI=1S/C6H12O3S/c1-10(7)9-5-6-3-2-4-8-6/h6H,2-5H2,1H3. The summed E-state index contributed by atoms with van der Waals surface area (Å²) >= 11 is -1.14. The molecule has 1 aliphatic heterocycles. The molecule has 0 aromatic carbocycles. The minimum absolute atomic E-state index is 0.184. The van der Waals surface area contributed by atoms with Gasteiger partial charge in [-0.1, -0.05) is 0 Å². The second-order valence-corrected chi connectivity index (χ2v) is 3.36. The predicted molar refractivity (Wildman–Crippen MR) is 39.0 cm³/mol. The van der Waals surface area contributed by atoms with Gasteiger partial charge in [0.05, 0.1) is 12.7 Å². The van der Waals surface area contributed by atoms with Crippen molar-refractivity contribution in [1.82, 2.24) is 0 Å². The van der Waals surface area contributed by atoms with E-state index in [0.29, 0.717) is 6.61 Å². The van der Waals surface area contributed by atoms with E-state index in [0.717, 1.165) is 19.4 Å². The summed E-state index contributed by atoms with van der Waals surface area (Å²) in [6, 6.07) is 0. The lowest BCUT2D eigenvalue weighted by Gasteiger charge is -2.06. The van der Waals surface area contributed by atoms with E-state index in [2.05, 4.69) is 0 Å². The fourth-order valence-electron chi connectivity index (χ4n) is 0.947.